The van der Waals surface area contributed by atoms with Crippen molar-refractivity contribution in [1.29, 1.82) is 0 Å². The average molecular weight is 425 g/mol. The van der Waals surface area contributed by atoms with Gasteiger partial charge in [-0.1, -0.05) is 31.5 Å². The Hall–Kier alpha value is -1.97. The largest absolute Gasteiger partial charge is 0.368 e. The summed E-state index contributed by atoms with van der Waals surface area (Å²) in [5.41, 5.74) is 6.10. The number of primary amides is 1. The van der Waals surface area contributed by atoms with E-state index in [1.54, 1.807) is 24.3 Å². The van der Waals surface area contributed by atoms with E-state index in [1.165, 1.54) is 4.31 Å². The van der Waals surface area contributed by atoms with E-state index in [4.69, 9.17) is 5.73 Å². The molecule has 9 heteroatoms. The lowest BCUT2D eigenvalue weighted by molar-refractivity contribution is -0.126. The van der Waals surface area contributed by atoms with Gasteiger partial charge in [-0.2, -0.15) is 4.31 Å². The van der Waals surface area contributed by atoms with Gasteiger partial charge in [-0.25, -0.2) is 8.42 Å². The number of aryl methyl sites for hydroxylation is 1. The van der Waals surface area contributed by atoms with Gasteiger partial charge in [0.1, 0.15) is 0 Å². The third-order valence-corrected chi connectivity index (χ3v) is 6.98. The van der Waals surface area contributed by atoms with Crippen LogP contribution >= 0.6 is 0 Å². The third kappa shape index (κ3) is 6.52. The highest BCUT2D eigenvalue weighted by molar-refractivity contribution is 7.89. The second-order valence-electron chi connectivity index (χ2n) is 8.00. The highest BCUT2D eigenvalue weighted by atomic mass is 32.2. The predicted molar refractivity (Wildman–Crippen MR) is 112 cm³/mol. The van der Waals surface area contributed by atoms with Crippen molar-refractivity contribution in [2.24, 2.45) is 11.7 Å². The summed E-state index contributed by atoms with van der Waals surface area (Å²) in [5.74, 6) is -0.654. The average Bonchev–Trinajstić information content (AvgIpc) is 3.12. The first-order chi connectivity index (χ1) is 13.6. The molecule has 1 fully saturated rings. The maximum atomic E-state index is 13.1. The van der Waals surface area contributed by atoms with E-state index in [0.717, 1.165) is 18.4 Å². The lowest BCUT2D eigenvalue weighted by Gasteiger charge is -2.27. The third-order valence-electron chi connectivity index (χ3n) is 5.01. The SMILES string of the molecule is Cc1ccc(S(=O)(=O)N2CCC[C@H]2CN[C@H](CC(C)C)C(=O)NCC(N)=O)cc1. The molecule has 0 radical (unpaired) electrons. The molecule has 2 rings (SSSR count). The number of sulfonamides is 1. The minimum atomic E-state index is -3.59. The molecule has 1 aromatic carbocycles. The van der Waals surface area contributed by atoms with E-state index in [9.17, 15) is 18.0 Å². The number of benzene rings is 1. The van der Waals surface area contributed by atoms with Crippen LogP contribution < -0.4 is 16.4 Å². The van der Waals surface area contributed by atoms with Gasteiger partial charge < -0.3 is 16.4 Å². The zero-order valence-corrected chi connectivity index (χ0v) is 18.2. The fourth-order valence-corrected chi connectivity index (χ4v) is 5.20. The van der Waals surface area contributed by atoms with Crippen LogP contribution in [0.25, 0.3) is 0 Å². The van der Waals surface area contributed by atoms with Crippen LogP contribution in [0.3, 0.4) is 0 Å². The summed E-state index contributed by atoms with van der Waals surface area (Å²) in [7, 11) is -3.59. The minimum absolute atomic E-state index is 0.216. The molecule has 1 aliphatic heterocycles. The van der Waals surface area contributed by atoms with Gasteiger partial charge in [0.05, 0.1) is 17.5 Å². The van der Waals surface area contributed by atoms with Crippen LogP contribution in [0.2, 0.25) is 0 Å². The topological polar surface area (TPSA) is 122 Å². The normalized spacial score (nSPS) is 18.7. The summed E-state index contributed by atoms with van der Waals surface area (Å²) in [6, 6.07) is 6.10. The van der Waals surface area contributed by atoms with Gasteiger partial charge in [0.25, 0.3) is 0 Å². The first-order valence-corrected chi connectivity index (χ1v) is 11.4. The number of carbonyl (C=O) groups is 2. The Morgan fingerprint density at radius 2 is 1.90 bits per heavy atom. The molecule has 0 unspecified atom stereocenters. The summed E-state index contributed by atoms with van der Waals surface area (Å²) in [5, 5.41) is 5.74. The molecule has 0 aliphatic carbocycles. The van der Waals surface area contributed by atoms with Crippen LogP contribution in [-0.4, -0.2) is 56.3 Å². The number of rotatable bonds is 10. The van der Waals surface area contributed by atoms with Gasteiger partial charge in [-0.3, -0.25) is 9.59 Å². The molecule has 0 bridgehead atoms. The molecule has 162 valence electrons. The van der Waals surface area contributed by atoms with Crippen LogP contribution in [0.15, 0.2) is 29.2 Å². The van der Waals surface area contributed by atoms with E-state index in [2.05, 4.69) is 10.6 Å². The van der Waals surface area contributed by atoms with Crippen molar-refractivity contribution in [3.63, 3.8) is 0 Å². The van der Waals surface area contributed by atoms with E-state index in [1.807, 2.05) is 20.8 Å². The van der Waals surface area contributed by atoms with Crippen molar-refractivity contribution < 1.29 is 18.0 Å². The van der Waals surface area contributed by atoms with Crippen molar-refractivity contribution in [2.45, 2.75) is 57.0 Å². The van der Waals surface area contributed by atoms with Crippen molar-refractivity contribution in [1.82, 2.24) is 14.9 Å². The standard InChI is InChI=1S/C20H32N4O4S/c1-14(2)11-18(20(26)23-13-19(21)25)22-12-16-5-4-10-24(16)29(27,28)17-8-6-15(3)7-9-17/h6-9,14,16,18,22H,4-5,10-13H2,1-3H3,(H2,21,25)(H,23,26)/t16-,18+/m0/s1. The van der Waals surface area contributed by atoms with Crippen LogP contribution in [-0.2, 0) is 19.6 Å². The van der Waals surface area contributed by atoms with Gasteiger partial charge >= 0.3 is 0 Å². The Morgan fingerprint density at radius 1 is 1.24 bits per heavy atom. The summed E-state index contributed by atoms with van der Waals surface area (Å²) < 4.78 is 27.6. The van der Waals surface area contributed by atoms with Gasteiger partial charge in [-0.05, 0) is 44.2 Å². The van der Waals surface area contributed by atoms with Gasteiger partial charge in [0, 0.05) is 19.1 Å². The first-order valence-electron chi connectivity index (χ1n) is 9.99. The smallest absolute Gasteiger partial charge is 0.243 e. The molecule has 1 saturated heterocycles. The molecule has 29 heavy (non-hydrogen) atoms. The lowest BCUT2D eigenvalue weighted by atomic mass is 10.0. The minimum Gasteiger partial charge on any atom is -0.368 e. The molecule has 1 aromatic rings. The zero-order chi connectivity index (χ0) is 21.6. The number of hydrogen-bond acceptors (Lipinski definition) is 5. The van der Waals surface area contributed by atoms with Crippen LogP contribution in [0, 0.1) is 12.8 Å². The monoisotopic (exact) mass is 424 g/mol. The summed E-state index contributed by atoms with van der Waals surface area (Å²) in [6.07, 6.45) is 2.08. The Kier molecular flexibility index (Phi) is 8.18. The van der Waals surface area contributed by atoms with Crippen molar-refractivity contribution >= 4 is 21.8 Å². The van der Waals surface area contributed by atoms with Crippen molar-refractivity contribution in [2.75, 3.05) is 19.6 Å². The van der Waals surface area contributed by atoms with E-state index < -0.39 is 22.0 Å². The molecule has 1 aliphatic rings. The van der Waals surface area contributed by atoms with E-state index in [-0.39, 0.29) is 29.3 Å². The molecule has 2 amide bonds. The molecular formula is C20H32N4O4S. The van der Waals surface area contributed by atoms with Crippen LogP contribution in [0.5, 0.6) is 0 Å². The van der Waals surface area contributed by atoms with E-state index in [0.29, 0.717) is 19.5 Å². The lowest BCUT2D eigenvalue weighted by Crippen LogP contribution is -2.51. The van der Waals surface area contributed by atoms with Crippen molar-refractivity contribution in [3.8, 4) is 0 Å². The molecular weight excluding hydrogens is 392 g/mol. The zero-order valence-electron chi connectivity index (χ0n) is 17.3. The summed E-state index contributed by atoms with van der Waals surface area (Å²) >= 11 is 0. The second-order valence-corrected chi connectivity index (χ2v) is 9.89. The summed E-state index contributed by atoms with van der Waals surface area (Å²) in [6.45, 7) is 6.53. The molecule has 0 saturated carbocycles. The maximum absolute atomic E-state index is 13.1. The fraction of sp³-hybridized carbons (Fsp3) is 0.600. The second kappa shape index (κ2) is 10.2. The number of carbonyl (C=O) groups excluding carboxylic acids is 2. The number of amides is 2. The highest BCUT2D eigenvalue weighted by Crippen LogP contribution is 2.26. The molecule has 1 heterocycles. The molecule has 0 aromatic heterocycles. The number of nitrogens with two attached hydrogens (primary N) is 1. The quantitative estimate of drug-likeness (QED) is 0.512. The number of nitrogens with zero attached hydrogens (tertiary/aromatic N) is 1. The predicted octanol–water partition coefficient (Wildman–Crippen LogP) is 0.754. The van der Waals surface area contributed by atoms with Crippen LogP contribution in [0.4, 0.5) is 0 Å². The number of nitrogens with one attached hydrogen (secondary N) is 2. The first kappa shape index (κ1) is 23.3. The van der Waals surface area contributed by atoms with Gasteiger partial charge in [0.15, 0.2) is 0 Å². The van der Waals surface area contributed by atoms with E-state index >= 15 is 0 Å². The van der Waals surface area contributed by atoms with Gasteiger partial charge in [-0.15, -0.1) is 0 Å². The Bertz CT molecular complexity index is 808. The molecule has 4 N–H and O–H groups in total. The van der Waals surface area contributed by atoms with Gasteiger partial charge in [0.2, 0.25) is 21.8 Å². The Morgan fingerprint density at radius 3 is 2.48 bits per heavy atom. The van der Waals surface area contributed by atoms with Crippen molar-refractivity contribution in [3.05, 3.63) is 29.8 Å². The Balaban J connectivity index is 2.06. The fourth-order valence-electron chi connectivity index (χ4n) is 3.51. The maximum Gasteiger partial charge on any atom is 0.243 e. The molecule has 8 nitrogen and oxygen atoms in total. The Labute approximate surface area is 173 Å². The molecule has 2 atom stereocenters. The number of hydrogen-bond donors (Lipinski definition) is 3. The van der Waals surface area contributed by atoms with Crippen LogP contribution in [0.1, 0.15) is 38.7 Å². The highest BCUT2D eigenvalue weighted by Gasteiger charge is 2.35. The summed E-state index contributed by atoms with van der Waals surface area (Å²) in [4.78, 5) is 23.6. The molecule has 0 spiro atoms.